The quantitative estimate of drug-likeness (QED) is 0.745. The molecule has 7 nitrogen and oxygen atoms in total. The zero-order valence-corrected chi connectivity index (χ0v) is 15.8. The van der Waals surface area contributed by atoms with Gasteiger partial charge in [-0.2, -0.15) is 10.1 Å². The van der Waals surface area contributed by atoms with E-state index in [2.05, 4.69) is 40.4 Å². The summed E-state index contributed by atoms with van der Waals surface area (Å²) in [7, 11) is 0. The molecule has 0 saturated carbocycles. The Labute approximate surface area is 158 Å². The summed E-state index contributed by atoms with van der Waals surface area (Å²) in [5, 5.41) is 8.75. The third-order valence-electron chi connectivity index (χ3n) is 5.34. The lowest BCUT2D eigenvalue weighted by molar-refractivity contribution is 0.0409. The number of nitrogens with zero attached hydrogens (tertiary/aromatic N) is 4. The van der Waals surface area contributed by atoms with Crippen LogP contribution < -0.4 is 5.73 Å². The predicted octanol–water partition coefficient (Wildman–Crippen LogP) is 2.61. The molecule has 0 amide bonds. The van der Waals surface area contributed by atoms with E-state index in [1.807, 2.05) is 23.7 Å². The van der Waals surface area contributed by atoms with Crippen LogP contribution in [0.5, 0.6) is 0 Å². The highest BCUT2D eigenvalue weighted by molar-refractivity contribution is 5.55. The monoisotopic (exact) mass is 367 g/mol. The number of aryl methyl sites for hydroxylation is 2. The van der Waals surface area contributed by atoms with Crippen LogP contribution in [0.1, 0.15) is 35.7 Å². The van der Waals surface area contributed by atoms with E-state index >= 15 is 0 Å². The minimum atomic E-state index is -0.273. The van der Waals surface area contributed by atoms with Crippen molar-refractivity contribution in [2.45, 2.75) is 38.6 Å². The van der Waals surface area contributed by atoms with E-state index < -0.39 is 0 Å². The summed E-state index contributed by atoms with van der Waals surface area (Å²) >= 11 is 0. The molecule has 0 atom stereocenters. The summed E-state index contributed by atoms with van der Waals surface area (Å²) in [5.74, 6) is 1.21. The molecule has 2 N–H and O–H groups in total. The zero-order valence-electron chi connectivity index (χ0n) is 15.8. The Morgan fingerprint density at radius 1 is 1.19 bits per heavy atom. The van der Waals surface area contributed by atoms with E-state index in [0.29, 0.717) is 38.0 Å². The second kappa shape index (κ2) is 7.25. The zero-order chi connectivity index (χ0) is 18.9. The van der Waals surface area contributed by atoms with E-state index in [9.17, 15) is 0 Å². The summed E-state index contributed by atoms with van der Waals surface area (Å²) in [5.41, 5.74) is 10.0. The predicted molar refractivity (Wildman–Crippen MR) is 101 cm³/mol. The van der Waals surface area contributed by atoms with E-state index in [1.165, 1.54) is 0 Å². The molecule has 0 aliphatic carbocycles. The molecule has 0 bridgehead atoms. The smallest absolute Gasteiger partial charge is 0.234 e. The van der Waals surface area contributed by atoms with Crippen LogP contribution in [-0.4, -0.2) is 39.7 Å². The van der Waals surface area contributed by atoms with Gasteiger partial charge in [0.2, 0.25) is 11.7 Å². The molecule has 7 heteroatoms. The topological polar surface area (TPSA) is 92.0 Å². The van der Waals surface area contributed by atoms with E-state index in [1.54, 1.807) is 0 Å². The number of aromatic nitrogens is 4. The number of nitrogens with two attached hydrogens (primary N) is 1. The van der Waals surface area contributed by atoms with Gasteiger partial charge in [0.05, 0.1) is 17.7 Å². The number of rotatable bonds is 5. The maximum Gasteiger partial charge on any atom is 0.234 e. The second-order valence-electron chi connectivity index (χ2n) is 7.31. The van der Waals surface area contributed by atoms with E-state index in [4.69, 9.17) is 15.0 Å². The first-order valence-electron chi connectivity index (χ1n) is 9.32. The maximum absolute atomic E-state index is 6.05. The molecular formula is C20H25N5O2. The lowest BCUT2D eigenvalue weighted by atomic mass is 9.80. The van der Waals surface area contributed by atoms with Gasteiger partial charge < -0.3 is 15.0 Å². The van der Waals surface area contributed by atoms with Crippen LogP contribution >= 0.6 is 0 Å². The van der Waals surface area contributed by atoms with Gasteiger partial charge in [0.15, 0.2) is 0 Å². The second-order valence-corrected chi connectivity index (χ2v) is 7.31. The maximum atomic E-state index is 6.05. The van der Waals surface area contributed by atoms with Gasteiger partial charge in [-0.25, -0.2) is 0 Å². The van der Waals surface area contributed by atoms with Crippen LogP contribution in [0.25, 0.3) is 11.4 Å². The van der Waals surface area contributed by atoms with Gasteiger partial charge in [-0.1, -0.05) is 23.4 Å². The molecule has 0 unspecified atom stereocenters. The van der Waals surface area contributed by atoms with Crippen LogP contribution in [0.2, 0.25) is 0 Å². The molecule has 3 aromatic rings. The van der Waals surface area contributed by atoms with Crippen molar-refractivity contribution in [3.8, 4) is 11.4 Å². The van der Waals surface area contributed by atoms with Crippen molar-refractivity contribution < 1.29 is 9.26 Å². The summed E-state index contributed by atoms with van der Waals surface area (Å²) in [6, 6.07) is 10.3. The van der Waals surface area contributed by atoms with Gasteiger partial charge in [0, 0.05) is 31.0 Å². The van der Waals surface area contributed by atoms with E-state index in [-0.39, 0.29) is 5.41 Å². The largest absolute Gasteiger partial charge is 0.381 e. The van der Waals surface area contributed by atoms with Crippen molar-refractivity contribution in [3.63, 3.8) is 0 Å². The Balaban J connectivity index is 1.59. The molecule has 0 radical (unpaired) electrons. The fraction of sp³-hybridized carbons (Fsp3) is 0.450. The molecule has 1 aliphatic rings. The lowest BCUT2D eigenvalue weighted by Gasteiger charge is -2.32. The van der Waals surface area contributed by atoms with Crippen molar-refractivity contribution in [2.24, 2.45) is 5.73 Å². The molecule has 1 aromatic carbocycles. The lowest BCUT2D eigenvalue weighted by Crippen LogP contribution is -2.40. The Hall–Kier alpha value is -2.51. The Morgan fingerprint density at radius 2 is 2.00 bits per heavy atom. The average molecular weight is 367 g/mol. The van der Waals surface area contributed by atoms with Crippen LogP contribution in [-0.2, 0) is 16.7 Å². The average Bonchev–Trinajstić information content (AvgIpc) is 3.30. The minimum absolute atomic E-state index is 0.273. The van der Waals surface area contributed by atoms with Crippen LogP contribution in [0.4, 0.5) is 0 Å². The third kappa shape index (κ3) is 3.52. The minimum Gasteiger partial charge on any atom is -0.381 e. The molecule has 3 heterocycles. The molecule has 2 aromatic heterocycles. The van der Waals surface area contributed by atoms with Crippen molar-refractivity contribution in [2.75, 3.05) is 19.8 Å². The summed E-state index contributed by atoms with van der Waals surface area (Å²) in [4.78, 5) is 4.68. The number of hydrogen-bond acceptors (Lipinski definition) is 6. The van der Waals surface area contributed by atoms with Crippen molar-refractivity contribution in [1.29, 1.82) is 0 Å². The molecule has 1 fully saturated rings. The molecule has 0 spiro atoms. The van der Waals surface area contributed by atoms with Crippen molar-refractivity contribution in [1.82, 2.24) is 19.9 Å². The summed E-state index contributed by atoms with van der Waals surface area (Å²) < 4.78 is 13.1. The van der Waals surface area contributed by atoms with Crippen LogP contribution in [0.15, 0.2) is 34.9 Å². The molecule has 4 rings (SSSR count). The first-order valence-corrected chi connectivity index (χ1v) is 9.32. The van der Waals surface area contributed by atoms with Gasteiger partial charge in [0.25, 0.3) is 0 Å². The number of benzene rings is 1. The first kappa shape index (κ1) is 17.9. The van der Waals surface area contributed by atoms with Crippen LogP contribution in [0, 0.1) is 13.8 Å². The fourth-order valence-electron chi connectivity index (χ4n) is 3.64. The Bertz CT molecular complexity index is 924. The van der Waals surface area contributed by atoms with Gasteiger partial charge in [-0.05, 0) is 44.4 Å². The molecule has 1 aliphatic heterocycles. The van der Waals surface area contributed by atoms with E-state index in [0.717, 1.165) is 35.4 Å². The van der Waals surface area contributed by atoms with Gasteiger partial charge in [0.1, 0.15) is 0 Å². The van der Waals surface area contributed by atoms with Gasteiger partial charge >= 0.3 is 0 Å². The van der Waals surface area contributed by atoms with Crippen LogP contribution in [0.3, 0.4) is 0 Å². The highest BCUT2D eigenvalue weighted by atomic mass is 16.5. The summed E-state index contributed by atoms with van der Waals surface area (Å²) in [6.07, 6.45) is 1.62. The van der Waals surface area contributed by atoms with Gasteiger partial charge in [-0.15, -0.1) is 0 Å². The van der Waals surface area contributed by atoms with Gasteiger partial charge in [-0.3, -0.25) is 4.68 Å². The molecular weight excluding hydrogens is 342 g/mol. The highest BCUT2D eigenvalue weighted by Crippen LogP contribution is 2.33. The third-order valence-corrected chi connectivity index (χ3v) is 5.34. The highest BCUT2D eigenvalue weighted by Gasteiger charge is 2.38. The SMILES string of the molecule is Cc1cc(C)n(Cc2cccc(-c3noc(C4(CN)CCOCC4)n3)c2)n1. The first-order chi connectivity index (χ1) is 13.1. The summed E-state index contributed by atoms with van der Waals surface area (Å²) in [6.45, 7) is 6.61. The number of ether oxygens (including phenoxy) is 1. The normalized spacial score (nSPS) is 16.6. The standard InChI is InChI=1S/C20H25N5O2/c1-14-10-15(2)25(23-14)12-16-4-3-5-17(11-16)18-22-19(27-24-18)20(13-21)6-8-26-9-7-20/h3-5,10-11H,6-9,12-13,21H2,1-2H3. The molecule has 1 saturated heterocycles. The molecule has 142 valence electrons. The Morgan fingerprint density at radius 3 is 2.70 bits per heavy atom. The number of hydrogen-bond donors (Lipinski definition) is 1. The Kier molecular flexibility index (Phi) is 4.80. The van der Waals surface area contributed by atoms with Crippen molar-refractivity contribution >= 4 is 0 Å². The molecule has 27 heavy (non-hydrogen) atoms. The fourth-order valence-corrected chi connectivity index (χ4v) is 3.64. The van der Waals surface area contributed by atoms with Crippen molar-refractivity contribution in [3.05, 3.63) is 53.2 Å².